The standard InChI is InChI=1S/C17H25N3/c1-2-6-16-11-14(13-18-15-7-8-15)12-17(19-16)20-9-4-3-5-10-20/h3-4,11-12,15,18H,2,5-10,13H2,1H3. The van der Waals surface area contributed by atoms with Crippen molar-refractivity contribution in [1.29, 1.82) is 0 Å². The summed E-state index contributed by atoms with van der Waals surface area (Å²) in [6.07, 6.45) is 10.6. The van der Waals surface area contributed by atoms with Gasteiger partial charge in [-0.2, -0.15) is 0 Å². The van der Waals surface area contributed by atoms with E-state index in [1.807, 2.05) is 0 Å². The van der Waals surface area contributed by atoms with Crippen LogP contribution >= 0.6 is 0 Å². The highest BCUT2D eigenvalue weighted by molar-refractivity contribution is 5.44. The molecule has 1 aromatic rings. The number of hydrogen-bond donors (Lipinski definition) is 1. The molecule has 3 nitrogen and oxygen atoms in total. The van der Waals surface area contributed by atoms with Crippen LogP contribution in [0, 0.1) is 0 Å². The molecule has 0 saturated heterocycles. The number of aryl methyl sites for hydroxylation is 1. The highest BCUT2D eigenvalue weighted by Gasteiger charge is 2.20. The molecule has 1 fully saturated rings. The second-order valence-corrected chi connectivity index (χ2v) is 5.94. The number of aromatic nitrogens is 1. The minimum atomic E-state index is 0.763. The summed E-state index contributed by atoms with van der Waals surface area (Å²) in [5.41, 5.74) is 2.63. The normalized spacial score (nSPS) is 18.6. The van der Waals surface area contributed by atoms with Gasteiger partial charge in [0.2, 0.25) is 0 Å². The summed E-state index contributed by atoms with van der Waals surface area (Å²) < 4.78 is 0. The van der Waals surface area contributed by atoms with Crippen LogP contribution in [0.1, 0.15) is 43.9 Å². The zero-order chi connectivity index (χ0) is 13.8. The van der Waals surface area contributed by atoms with Crippen LogP contribution in [-0.2, 0) is 13.0 Å². The first-order chi connectivity index (χ1) is 9.85. The van der Waals surface area contributed by atoms with Crippen molar-refractivity contribution in [2.75, 3.05) is 18.0 Å². The molecule has 0 radical (unpaired) electrons. The van der Waals surface area contributed by atoms with E-state index in [0.29, 0.717) is 0 Å². The lowest BCUT2D eigenvalue weighted by Gasteiger charge is -2.25. The van der Waals surface area contributed by atoms with E-state index in [1.54, 1.807) is 0 Å². The second-order valence-electron chi connectivity index (χ2n) is 5.94. The Morgan fingerprint density at radius 2 is 2.20 bits per heavy atom. The molecule has 1 aliphatic heterocycles. The van der Waals surface area contributed by atoms with Crippen molar-refractivity contribution >= 4 is 5.82 Å². The van der Waals surface area contributed by atoms with Crippen molar-refractivity contribution in [2.45, 2.75) is 51.6 Å². The van der Waals surface area contributed by atoms with E-state index in [9.17, 15) is 0 Å². The van der Waals surface area contributed by atoms with E-state index >= 15 is 0 Å². The maximum Gasteiger partial charge on any atom is 0.129 e. The minimum absolute atomic E-state index is 0.763. The Morgan fingerprint density at radius 3 is 2.90 bits per heavy atom. The number of nitrogens with zero attached hydrogens (tertiary/aromatic N) is 2. The van der Waals surface area contributed by atoms with E-state index in [4.69, 9.17) is 4.98 Å². The summed E-state index contributed by atoms with van der Waals surface area (Å²) >= 11 is 0. The first kappa shape index (κ1) is 13.6. The molecule has 0 unspecified atom stereocenters. The average molecular weight is 271 g/mol. The third-order valence-corrected chi connectivity index (χ3v) is 3.99. The summed E-state index contributed by atoms with van der Waals surface area (Å²) in [4.78, 5) is 7.24. The number of pyridine rings is 1. The van der Waals surface area contributed by atoms with E-state index in [2.05, 4.69) is 41.4 Å². The minimum Gasteiger partial charge on any atom is -0.353 e. The van der Waals surface area contributed by atoms with Gasteiger partial charge in [0.05, 0.1) is 0 Å². The van der Waals surface area contributed by atoms with Crippen LogP contribution in [0.15, 0.2) is 24.3 Å². The van der Waals surface area contributed by atoms with Crippen molar-refractivity contribution < 1.29 is 0 Å². The lowest BCUT2D eigenvalue weighted by molar-refractivity contribution is 0.684. The smallest absolute Gasteiger partial charge is 0.129 e. The molecule has 0 amide bonds. The molecule has 1 aliphatic carbocycles. The lowest BCUT2D eigenvalue weighted by atomic mass is 10.1. The largest absolute Gasteiger partial charge is 0.353 e. The molecule has 3 heteroatoms. The Balaban J connectivity index is 1.76. The second kappa shape index (κ2) is 6.40. The van der Waals surface area contributed by atoms with Crippen molar-refractivity contribution in [2.24, 2.45) is 0 Å². The Hall–Kier alpha value is -1.35. The van der Waals surface area contributed by atoms with Crippen LogP contribution in [0.3, 0.4) is 0 Å². The van der Waals surface area contributed by atoms with Crippen LogP contribution in [0.5, 0.6) is 0 Å². The summed E-state index contributed by atoms with van der Waals surface area (Å²) in [6.45, 7) is 5.30. The predicted octanol–water partition coefficient (Wildman–Crippen LogP) is 3.05. The molecule has 2 heterocycles. The van der Waals surface area contributed by atoms with Crippen LogP contribution < -0.4 is 10.2 Å². The zero-order valence-corrected chi connectivity index (χ0v) is 12.4. The number of nitrogens with one attached hydrogen (secondary N) is 1. The fraction of sp³-hybridized carbons (Fsp3) is 0.588. The molecule has 0 atom stereocenters. The van der Waals surface area contributed by atoms with Crippen LogP contribution in [0.2, 0.25) is 0 Å². The molecule has 1 N–H and O–H groups in total. The van der Waals surface area contributed by atoms with Crippen molar-refractivity contribution in [1.82, 2.24) is 10.3 Å². The maximum atomic E-state index is 4.85. The monoisotopic (exact) mass is 271 g/mol. The Morgan fingerprint density at radius 1 is 1.30 bits per heavy atom. The van der Waals surface area contributed by atoms with E-state index in [-0.39, 0.29) is 0 Å². The number of anilines is 1. The molecule has 1 saturated carbocycles. The van der Waals surface area contributed by atoms with Crippen molar-refractivity contribution in [3.63, 3.8) is 0 Å². The van der Waals surface area contributed by atoms with Gasteiger partial charge in [0, 0.05) is 31.4 Å². The van der Waals surface area contributed by atoms with Gasteiger partial charge in [-0.25, -0.2) is 4.98 Å². The fourth-order valence-corrected chi connectivity index (χ4v) is 2.68. The molecule has 0 spiro atoms. The van der Waals surface area contributed by atoms with Gasteiger partial charge < -0.3 is 10.2 Å². The van der Waals surface area contributed by atoms with E-state index in [0.717, 1.165) is 50.8 Å². The SMILES string of the molecule is CCCc1cc(CNC2CC2)cc(N2CC=CCC2)n1. The predicted molar refractivity (Wildman–Crippen MR) is 84.1 cm³/mol. The Kier molecular flexibility index (Phi) is 4.36. The van der Waals surface area contributed by atoms with Gasteiger partial charge in [0.25, 0.3) is 0 Å². The summed E-state index contributed by atoms with van der Waals surface area (Å²) in [5.74, 6) is 1.16. The van der Waals surface area contributed by atoms with Crippen LogP contribution in [0.4, 0.5) is 5.82 Å². The van der Waals surface area contributed by atoms with Gasteiger partial charge in [-0.05, 0) is 43.4 Å². The molecular weight excluding hydrogens is 246 g/mol. The third kappa shape index (κ3) is 3.60. The molecule has 0 bridgehead atoms. The quantitative estimate of drug-likeness (QED) is 0.806. The Labute approximate surface area is 122 Å². The van der Waals surface area contributed by atoms with Gasteiger partial charge in [-0.15, -0.1) is 0 Å². The molecule has 20 heavy (non-hydrogen) atoms. The van der Waals surface area contributed by atoms with Crippen molar-refractivity contribution in [3.05, 3.63) is 35.5 Å². The third-order valence-electron chi connectivity index (χ3n) is 3.99. The molecular formula is C17H25N3. The number of hydrogen-bond acceptors (Lipinski definition) is 3. The highest BCUT2D eigenvalue weighted by Crippen LogP contribution is 2.22. The first-order valence-electron chi connectivity index (χ1n) is 7.98. The Bertz CT molecular complexity index is 477. The molecule has 0 aromatic carbocycles. The van der Waals surface area contributed by atoms with Gasteiger partial charge in [-0.3, -0.25) is 0 Å². The van der Waals surface area contributed by atoms with E-state index < -0.39 is 0 Å². The van der Waals surface area contributed by atoms with E-state index in [1.165, 1.54) is 24.1 Å². The van der Waals surface area contributed by atoms with Gasteiger partial charge in [0.1, 0.15) is 5.82 Å². The maximum absolute atomic E-state index is 4.85. The molecule has 1 aromatic heterocycles. The number of rotatable bonds is 6. The average Bonchev–Trinajstić information content (AvgIpc) is 3.30. The fourth-order valence-electron chi connectivity index (χ4n) is 2.68. The van der Waals surface area contributed by atoms with Gasteiger partial charge >= 0.3 is 0 Å². The molecule has 108 valence electrons. The zero-order valence-electron chi connectivity index (χ0n) is 12.4. The summed E-state index contributed by atoms with van der Waals surface area (Å²) in [6, 6.07) is 5.31. The van der Waals surface area contributed by atoms with Crippen LogP contribution in [-0.4, -0.2) is 24.1 Å². The summed E-state index contributed by atoms with van der Waals surface area (Å²) in [5, 5.41) is 3.61. The molecule has 2 aliphatic rings. The van der Waals surface area contributed by atoms with Crippen LogP contribution in [0.25, 0.3) is 0 Å². The topological polar surface area (TPSA) is 28.2 Å². The summed E-state index contributed by atoms with van der Waals surface area (Å²) in [7, 11) is 0. The lowest BCUT2D eigenvalue weighted by Crippen LogP contribution is -2.28. The van der Waals surface area contributed by atoms with Gasteiger partial charge in [-0.1, -0.05) is 25.5 Å². The first-order valence-corrected chi connectivity index (χ1v) is 7.98. The van der Waals surface area contributed by atoms with Gasteiger partial charge in [0.15, 0.2) is 0 Å². The van der Waals surface area contributed by atoms with Crippen molar-refractivity contribution in [3.8, 4) is 0 Å². The molecule has 3 rings (SSSR count). The highest BCUT2D eigenvalue weighted by atomic mass is 15.2.